The van der Waals surface area contributed by atoms with E-state index in [1.807, 2.05) is 0 Å². The van der Waals surface area contributed by atoms with Crippen LogP contribution in [0.1, 0.15) is 1.43 Å². The third-order valence-electron chi connectivity index (χ3n) is 2.22. The molecule has 0 aromatic rings. The van der Waals surface area contributed by atoms with Gasteiger partial charge in [-0.15, -0.1) is 0 Å². The second-order valence-corrected chi connectivity index (χ2v) is 5.16. The van der Waals surface area contributed by atoms with Gasteiger partial charge in [-0.05, 0) is 0 Å². The first-order valence-electron chi connectivity index (χ1n) is 5.05. The van der Waals surface area contributed by atoms with Crippen molar-refractivity contribution < 1.29 is 48.7 Å². The molecule has 0 saturated carbocycles. The van der Waals surface area contributed by atoms with Gasteiger partial charge in [0, 0.05) is 32.7 Å². The van der Waals surface area contributed by atoms with Crippen molar-refractivity contribution in [2.45, 2.75) is 0 Å². The first-order valence-corrected chi connectivity index (χ1v) is 6.63. The number of hydrogen-bond acceptors (Lipinski definition) is 6. The van der Waals surface area contributed by atoms with Crippen molar-refractivity contribution in [3.05, 3.63) is 0 Å². The zero-order valence-electron chi connectivity index (χ0n) is 10.7. The maximum Gasteiger partial charge on any atom is 1.00 e. The Labute approximate surface area is 120 Å². The molecule has 0 amide bonds. The number of nitrogens with zero attached hydrogens (tertiary/aromatic N) is 1. The second-order valence-electron chi connectivity index (χ2n) is 3.40. The molecule has 0 unspecified atom stereocenters. The molecule has 0 aliphatic carbocycles. The van der Waals surface area contributed by atoms with Crippen LogP contribution < -0.4 is 34.9 Å². The fraction of sp³-hybridized carbons (Fsp3) is 1.00. The van der Waals surface area contributed by atoms with Crippen LogP contribution in [0.25, 0.3) is 0 Å². The van der Waals surface area contributed by atoms with Crippen LogP contribution in [0.3, 0.4) is 0 Å². The monoisotopic (exact) mass is 262 g/mol. The van der Waals surface area contributed by atoms with Crippen LogP contribution in [0.4, 0.5) is 0 Å². The molecular weight excluding hydrogens is 243 g/mol. The minimum absolute atomic E-state index is 0. The molecule has 16 heavy (non-hydrogen) atoms. The van der Waals surface area contributed by atoms with Gasteiger partial charge in [0.1, 0.15) is 0 Å². The molecule has 6 nitrogen and oxygen atoms in total. The van der Waals surface area contributed by atoms with Crippen LogP contribution in [0.5, 0.6) is 0 Å². The number of rotatable bonds is 6. The SMILES string of the molecule is O=S(=O)(CCN1CCNCC1)OCCO.[H-].[Na+]. The maximum atomic E-state index is 11.3. The molecule has 1 aliphatic rings. The van der Waals surface area contributed by atoms with E-state index >= 15 is 0 Å². The molecule has 0 radical (unpaired) electrons. The van der Waals surface area contributed by atoms with Gasteiger partial charge < -0.3 is 11.8 Å². The van der Waals surface area contributed by atoms with Gasteiger partial charge in [0.15, 0.2) is 0 Å². The van der Waals surface area contributed by atoms with Crippen molar-refractivity contribution in [3.8, 4) is 0 Å². The van der Waals surface area contributed by atoms with E-state index in [1.54, 1.807) is 0 Å². The number of nitrogens with one attached hydrogen (secondary N) is 1. The first-order chi connectivity index (χ1) is 7.14. The van der Waals surface area contributed by atoms with Crippen molar-refractivity contribution in [2.24, 2.45) is 0 Å². The summed E-state index contributed by atoms with van der Waals surface area (Å²) >= 11 is 0. The van der Waals surface area contributed by atoms with Gasteiger partial charge in [0.05, 0.1) is 19.0 Å². The van der Waals surface area contributed by atoms with Crippen molar-refractivity contribution in [1.29, 1.82) is 0 Å². The van der Waals surface area contributed by atoms with E-state index in [-0.39, 0.29) is 50.0 Å². The summed E-state index contributed by atoms with van der Waals surface area (Å²) in [5.74, 6) is -0.00694. The minimum atomic E-state index is -3.47. The molecule has 1 rings (SSSR count). The van der Waals surface area contributed by atoms with Gasteiger partial charge >= 0.3 is 29.6 Å². The van der Waals surface area contributed by atoms with Crippen LogP contribution in [-0.4, -0.2) is 70.1 Å². The first kappa shape index (κ1) is 16.8. The molecule has 2 N–H and O–H groups in total. The number of hydrogen-bond donors (Lipinski definition) is 2. The molecule has 0 atom stereocenters. The molecule has 92 valence electrons. The van der Waals surface area contributed by atoms with Gasteiger partial charge in [-0.25, -0.2) is 0 Å². The summed E-state index contributed by atoms with van der Waals surface area (Å²) in [6, 6.07) is 0. The van der Waals surface area contributed by atoms with Gasteiger partial charge in [-0.1, -0.05) is 0 Å². The largest absolute Gasteiger partial charge is 1.00 e. The topological polar surface area (TPSA) is 78.9 Å². The Morgan fingerprint density at radius 2 is 2.00 bits per heavy atom. The van der Waals surface area contributed by atoms with E-state index in [9.17, 15) is 8.42 Å². The maximum absolute atomic E-state index is 11.3. The molecule has 0 aromatic carbocycles. The van der Waals surface area contributed by atoms with Crippen LogP contribution in [0.2, 0.25) is 0 Å². The molecule has 0 aromatic heterocycles. The van der Waals surface area contributed by atoms with Gasteiger partial charge in [0.25, 0.3) is 10.1 Å². The van der Waals surface area contributed by atoms with Crippen LogP contribution in [0, 0.1) is 0 Å². The minimum Gasteiger partial charge on any atom is -1.00 e. The Morgan fingerprint density at radius 1 is 1.38 bits per heavy atom. The fourth-order valence-corrected chi connectivity index (χ4v) is 2.33. The summed E-state index contributed by atoms with van der Waals surface area (Å²) in [6.45, 7) is 3.62. The van der Waals surface area contributed by atoms with Gasteiger partial charge in [0.2, 0.25) is 0 Å². The molecule has 0 bridgehead atoms. The van der Waals surface area contributed by atoms with Gasteiger partial charge in [-0.3, -0.25) is 9.08 Å². The van der Waals surface area contributed by atoms with Crippen LogP contribution in [-0.2, 0) is 14.3 Å². The standard InChI is InChI=1S/C8H18N2O4S.Na.H/c11-6-7-14-15(12,13)8-5-10-3-1-9-2-4-10;;/h9,11H,1-8H2;;/q;+1;-1. The van der Waals surface area contributed by atoms with Crippen LogP contribution >= 0.6 is 0 Å². The molecule has 1 aliphatic heterocycles. The zero-order chi connectivity index (χ0) is 11.1. The predicted molar refractivity (Wildman–Crippen MR) is 57.2 cm³/mol. The smallest absolute Gasteiger partial charge is 1.00 e. The average Bonchev–Trinajstić information content (AvgIpc) is 2.25. The Bertz CT molecular complexity index is 273. The Morgan fingerprint density at radius 3 is 2.56 bits per heavy atom. The summed E-state index contributed by atoms with van der Waals surface area (Å²) < 4.78 is 27.1. The number of aliphatic hydroxyl groups is 1. The van der Waals surface area contributed by atoms with Gasteiger partial charge in [-0.2, -0.15) is 8.42 Å². The Balaban J connectivity index is 0. The second kappa shape index (κ2) is 8.82. The molecule has 1 saturated heterocycles. The van der Waals surface area contributed by atoms with E-state index < -0.39 is 10.1 Å². The summed E-state index contributed by atoms with van der Waals surface area (Å²) in [7, 11) is -3.47. The summed E-state index contributed by atoms with van der Waals surface area (Å²) in [5.41, 5.74) is 0. The average molecular weight is 262 g/mol. The van der Waals surface area contributed by atoms with Crippen molar-refractivity contribution in [1.82, 2.24) is 10.2 Å². The van der Waals surface area contributed by atoms with E-state index in [2.05, 4.69) is 14.4 Å². The van der Waals surface area contributed by atoms with E-state index in [0.29, 0.717) is 6.54 Å². The van der Waals surface area contributed by atoms with Crippen molar-refractivity contribution >= 4 is 10.1 Å². The zero-order valence-corrected chi connectivity index (χ0v) is 12.5. The van der Waals surface area contributed by atoms with Crippen molar-refractivity contribution in [2.75, 3.05) is 51.7 Å². The number of aliphatic hydroxyl groups excluding tert-OH is 1. The van der Waals surface area contributed by atoms with Crippen LogP contribution in [0.15, 0.2) is 0 Å². The molecular formula is C8H19N2NaO4S. The Kier molecular flexibility index (Phi) is 9.25. The third kappa shape index (κ3) is 7.18. The molecule has 8 heteroatoms. The molecule has 1 heterocycles. The van der Waals surface area contributed by atoms with E-state index in [4.69, 9.17) is 5.11 Å². The third-order valence-corrected chi connectivity index (χ3v) is 3.43. The molecule has 1 fully saturated rings. The summed E-state index contributed by atoms with van der Waals surface area (Å²) in [4.78, 5) is 2.08. The van der Waals surface area contributed by atoms with Crippen molar-refractivity contribution in [3.63, 3.8) is 0 Å². The predicted octanol–water partition coefficient (Wildman–Crippen LogP) is -4.65. The van der Waals surface area contributed by atoms with E-state index in [0.717, 1.165) is 26.2 Å². The molecule has 0 spiro atoms. The normalized spacial score (nSPS) is 18.1. The Hall–Kier alpha value is 0.790. The van der Waals surface area contributed by atoms with E-state index in [1.165, 1.54) is 0 Å². The number of piperazine rings is 1. The fourth-order valence-electron chi connectivity index (χ4n) is 1.40. The summed E-state index contributed by atoms with van der Waals surface area (Å²) in [5, 5.41) is 11.6. The quantitative estimate of drug-likeness (QED) is 0.370. The summed E-state index contributed by atoms with van der Waals surface area (Å²) in [6.07, 6.45) is 0.